The van der Waals surface area contributed by atoms with E-state index in [0.29, 0.717) is 5.56 Å². The highest BCUT2D eigenvalue weighted by atomic mass is 16.4. The van der Waals surface area contributed by atoms with Crippen molar-refractivity contribution in [3.05, 3.63) is 36.0 Å². The van der Waals surface area contributed by atoms with Gasteiger partial charge in [0.1, 0.15) is 0 Å². The molecule has 0 atom stereocenters. The number of hydrogen-bond acceptors (Lipinski definition) is 2. The molecule has 4 heteroatoms. The van der Waals surface area contributed by atoms with Gasteiger partial charge in [0.15, 0.2) is 0 Å². The second kappa shape index (κ2) is 5.67. The fourth-order valence-electron chi connectivity index (χ4n) is 3.07. The maximum absolute atomic E-state index is 11.3. The molecule has 0 bridgehead atoms. The van der Waals surface area contributed by atoms with Crippen LogP contribution in [0.2, 0.25) is 0 Å². The molecular weight excluding hydrogens is 252 g/mol. The molecule has 1 aromatic heterocycles. The van der Waals surface area contributed by atoms with Crippen molar-refractivity contribution in [3.8, 4) is 0 Å². The van der Waals surface area contributed by atoms with Crippen LogP contribution in [0.1, 0.15) is 29.6 Å². The van der Waals surface area contributed by atoms with Crippen molar-refractivity contribution in [2.24, 2.45) is 0 Å². The van der Waals surface area contributed by atoms with E-state index in [-0.39, 0.29) is 0 Å². The van der Waals surface area contributed by atoms with Gasteiger partial charge in [-0.1, -0.05) is 18.2 Å². The summed E-state index contributed by atoms with van der Waals surface area (Å²) in [7, 11) is 0. The Labute approximate surface area is 118 Å². The monoisotopic (exact) mass is 272 g/mol. The summed E-state index contributed by atoms with van der Waals surface area (Å²) in [5.41, 5.74) is 1.42. The van der Waals surface area contributed by atoms with Crippen LogP contribution in [0.5, 0.6) is 0 Å². The van der Waals surface area contributed by atoms with Crippen LogP contribution in [0.15, 0.2) is 30.5 Å². The molecule has 2 heterocycles. The van der Waals surface area contributed by atoms with Gasteiger partial charge in [0.2, 0.25) is 0 Å². The van der Waals surface area contributed by atoms with Gasteiger partial charge in [0, 0.05) is 23.6 Å². The van der Waals surface area contributed by atoms with Gasteiger partial charge in [-0.15, -0.1) is 0 Å². The van der Waals surface area contributed by atoms with Crippen molar-refractivity contribution in [1.29, 1.82) is 0 Å². The molecule has 20 heavy (non-hydrogen) atoms. The number of carboxylic acid groups (broad SMARTS) is 1. The van der Waals surface area contributed by atoms with E-state index in [1.165, 1.54) is 25.9 Å². The Hall–Kier alpha value is -1.81. The normalized spacial score (nSPS) is 16.0. The summed E-state index contributed by atoms with van der Waals surface area (Å²) in [5, 5.41) is 10.1. The number of aromatic nitrogens is 1. The van der Waals surface area contributed by atoms with Gasteiger partial charge < -0.3 is 14.6 Å². The van der Waals surface area contributed by atoms with Crippen LogP contribution in [0.3, 0.4) is 0 Å². The van der Waals surface area contributed by atoms with Crippen LogP contribution in [-0.2, 0) is 6.54 Å². The largest absolute Gasteiger partial charge is 0.478 e. The van der Waals surface area contributed by atoms with Crippen molar-refractivity contribution < 1.29 is 9.90 Å². The van der Waals surface area contributed by atoms with Gasteiger partial charge >= 0.3 is 5.97 Å². The van der Waals surface area contributed by atoms with Gasteiger partial charge in [-0.2, -0.15) is 0 Å². The maximum Gasteiger partial charge on any atom is 0.337 e. The number of hydrogen-bond donors (Lipinski definition) is 1. The minimum Gasteiger partial charge on any atom is -0.478 e. The number of likely N-dealkylation sites (tertiary alicyclic amines) is 1. The molecular formula is C16H20N2O2. The second-order valence-electron chi connectivity index (χ2n) is 5.46. The number of para-hydroxylation sites is 1. The Bertz CT molecular complexity index is 612. The molecule has 1 N–H and O–H groups in total. The topological polar surface area (TPSA) is 45.5 Å². The van der Waals surface area contributed by atoms with Gasteiger partial charge in [-0.3, -0.25) is 0 Å². The molecule has 1 aliphatic rings. The molecule has 4 nitrogen and oxygen atoms in total. The average molecular weight is 272 g/mol. The minimum atomic E-state index is -0.848. The molecule has 1 saturated heterocycles. The van der Waals surface area contributed by atoms with Gasteiger partial charge in [0.05, 0.1) is 5.56 Å². The van der Waals surface area contributed by atoms with E-state index >= 15 is 0 Å². The number of carboxylic acids is 1. The predicted molar refractivity (Wildman–Crippen MR) is 79.2 cm³/mol. The lowest BCUT2D eigenvalue weighted by Crippen LogP contribution is -2.21. The fraction of sp³-hybridized carbons (Fsp3) is 0.438. The first-order valence-electron chi connectivity index (χ1n) is 7.29. The van der Waals surface area contributed by atoms with Gasteiger partial charge in [-0.25, -0.2) is 4.79 Å². The molecule has 0 saturated carbocycles. The first-order valence-corrected chi connectivity index (χ1v) is 7.29. The Morgan fingerprint density at radius 1 is 1.15 bits per heavy atom. The van der Waals surface area contributed by atoms with Crippen LogP contribution >= 0.6 is 0 Å². The summed E-state index contributed by atoms with van der Waals surface area (Å²) in [5.74, 6) is -0.848. The van der Waals surface area contributed by atoms with Gasteiger partial charge in [-0.05, 0) is 45.0 Å². The zero-order chi connectivity index (χ0) is 13.9. The lowest BCUT2D eigenvalue weighted by Gasteiger charge is -2.14. The quantitative estimate of drug-likeness (QED) is 0.910. The molecule has 2 aromatic rings. The summed E-state index contributed by atoms with van der Waals surface area (Å²) in [6.07, 6.45) is 5.47. The van der Waals surface area contributed by atoms with E-state index in [2.05, 4.69) is 9.47 Å². The maximum atomic E-state index is 11.3. The molecule has 0 spiro atoms. The zero-order valence-electron chi connectivity index (χ0n) is 11.6. The Morgan fingerprint density at radius 2 is 1.90 bits per heavy atom. The number of rotatable bonds is 5. The Morgan fingerprint density at radius 3 is 2.65 bits per heavy atom. The van der Waals surface area contributed by atoms with E-state index < -0.39 is 5.97 Å². The van der Waals surface area contributed by atoms with E-state index in [0.717, 1.165) is 30.4 Å². The third-order valence-electron chi connectivity index (χ3n) is 4.09. The smallest absolute Gasteiger partial charge is 0.337 e. The van der Waals surface area contributed by atoms with Crippen molar-refractivity contribution in [1.82, 2.24) is 9.47 Å². The third-order valence-corrected chi connectivity index (χ3v) is 4.09. The van der Waals surface area contributed by atoms with Crippen molar-refractivity contribution in [3.63, 3.8) is 0 Å². The number of nitrogens with zero attached hydrogens (tertiary/aromatic N) is 2. The van der Waals surface area contributed by atoms with Crippen LogP contribution in [0.25, 0.3) is 10.9 Å². The van der Waals surface area contributed by atoms with Crippen LogP contribution < -0.4 is 0 Å². The fourth-order valence-corrected chi connectivity index (χ4v) is 3.07. The third kappa shape index (κ3) is 2.56. The van der Waals surface area contributed by atoms with Crippen LogP contribution in [-0.4, -0.2) is 40.2 Å². The van der Waals surface area contributed by atoms with Crippen LogP contribution in [0, 0.1) is 0 Å². The van der Waals surface area contributed by atoms with Crippen LogP contribution in [0.4, 0.5) is 0 Å². The lowest BCUT2D eigenvalue weighted by molar-refractivity contribution is 0.0699. The van der Waals surface area contributed by atoms with Crippen molar-refractivity contribution >= 4 is 16.9 Å². The standard InChI is InChI=1S/C16H20N2O2/c19-16(20)14-12-18(15-7-2-1-6-13(14)15)11-5-10-17-8-3-4-9-17/h1-2,6-7,12H,3-5,8-11H2,(H,19,20). The molecule has 3 rings (SSSR count). The SMILES string of the molecule is O=C(O)c1cn(CCCN2CCCC2)c2ccccc12. The molecule has 0 unspecified atom stereocenters. The highest BCUT2D eigenvalue weighted by molar-refractivity contribution is 6.03. The first-order chi connectivity index (χ1) is 9.75. The first kappa shape index (κ1) is 13.2. The number of benzene rings is 1. The highest BCUT2D eigenvalue weighted by Crippen LogP contribution is 2.21. The summed E-state index contributed by atoms with van der Waals surface area (Å²) in [4.78, 5) is 13.8. The van der Waals surface area contributed by atoms with E-state index in [4.69, 9.17) is 0 Å². The number of carbonyl (C=O) groups is 1. The lowest BCUT2D eigenvalue weighted by atomic mass is 10.2. The number of aromatic carboxylic acids is 1. The highest BCUT2D eigenvalue weighted by Gasteiger charge is 2.14. The molecule has 1 aliphatic heterocycles. The average Bonchev–Trinajstić information content (AvgIpc) is 3.07. The van der Waals surface area contributed by atoms with E-state index in [1.54, 1.807) is 6.20 Å². The number of aryl methyl sites for hydroxylation is 1. The summed E-state index contributed by atoms with van der Waals surface area (Å²) >= 11 is 0. The Balaban J connectivity index is 1.75. The summed E-state index contributed by atoms with van der Waals surface area (Å²) < 4.78 is 2.08. The second-order valence-corrected chi connectivity index (χ2v) is 5.46. The predicted octanol–water partition coefficient (Wildman–Crippen LogP) is 2.83. The van der Waals surface area contributed by atoms with Gasteiger partial charge in [0.25, 0.3) is 0 Å². The molecule has 0 radical (unpaired) electrons. The molecule has 0 amide bonds. The van der Waals surface area contributed by atoms with Crippen molar-refractivity contribution in [2.75, 3.05) is 19.6 Å². The molecule has 1 fully saturated rings. The summed E-state index contributed by atoms with van der Waals surface area (Å²) in [6, 6.07) is 7.74. The van der Waals surface area contributed by atoms with E-state index in [9.17, 15) is 9.90 Å². The van der Waals surface area contributed by atoms with Crippen molar-refractivity contribution in [2.45, 2.75) is 25.8 Å². The summed E-state index contributed by atoms with van der Waals surface area (Å²) in [6.45, 7) is 4.42. The molecule has 1 aromatic carbocycles. The minimum absolute atomic E-state index is 0.404. The zero-order valence-corrected chi connectivity index (χ0v) is 11.6. The number of fused-ring (bicyclic) bond motifs is 1. The van der Waals surface area contributed by atoms with E-state index in [1.807, 2.05) is 24.3 Å². The molecule has 106 valence electrons. The molecule has 0 aliphatic carbocycles. The Kier molecular flexibility index (Phi) is 3.74.